The van der Waals surface area contributed by atoms with Crippen molar-refractivity contribution in [1.29, 1.82) is 0 Å². The molecule has 2 N–H and O–H groups in total. The van der Waals surface area contributed by atoms with Gasteiger partial charge >= 0.3 is 5.97 Å². The van der Waals surface area contributed by atoms with Crippen molar-refractivity contribution in [2.24, 2.45) is 5.92 Å². The monoisotopic (exact) mass is 306 g/mol. The number of aliphatic carboxylic acids is 1. The number of aliphatic hydroxyl groups excluding tert-OH is 1. The summed E-state index contributed by atoms with van der Waals surface area (Å²) in [6.07, 6.45) is -0.730. The van der Waals surface area contributed by atoms with Crippen molar-refractivity contribution in [2.75, 3.05) is 0 Å². The van der Waals surface area contributed by atoms with Crippen LogP contribution in [0.5, 0.6) is 0 Å². The fourth-order valence-electron chi connectivity index (χ4n) is 1.49. The second kappa shape index (κ2) is 5.66. The van der Waals surface area contributed by atoms with Gasteiger partial charge in [-0.3, -0.25) is 4.79 Å². The zero-order chi connectivity index (χ0) is 12.3. The first kappa shape index (κ1) is 13.5. The van der Waals surface area contributed by atoms with Gasteiger partial charge in [0.1, 0.15) is 0 Å². The quantitative estimate of drug-likeness (QED) is 0.898. The molecule has 3 nitrogen and oxygen atoms in total. The first-order valence-electron chi connectivity index (χ1n) is 4.83. The predicted octanol–water partition coefficient (Wildman–Crippen LogP) is 3.25. The summed E-state index contributed by atoms with van der Waals surface area (Å²) in [5.74, 6) is -1.85. The minimum atomic E-state index is -1.08. The lowest BCUT2D eigenvalue weighted by molar-refractivity contribution is -0.146. The summed E-state index contributed by atoms with van der Waals surface area (Å²) < 4.78 is 0.789. The first-order valence-corrected chi connectivity index (χ1v) is 6.00. The van der Waals surface area contributed by atoms with Gasteiger partial charge in [-0.2, -0.15) is 0 Å². The number of carboxylic acids is 1. The third-order valence-electron chi connectivity index (χ3n) is 2.42. The van der Waals surface area contributed by atoms with Gasteiger partial charge in [0.25, 0.3) is 0 Å². The summed E-state index contributed by atoms with van der Waals surface area (Å²) in [6, 6.07) is 4.98. The molecule has 0 bridgehead atoms. The van der Waals surface area contributed by atoms with Crippen molar-refractivity contribution >= 4 is 33.5 Å². The Morgan fingerprint density at radius 1 is 1.56 bits per heavy atom. The molecule has 0 fully saturated rings. The van der Waals surface area contributed by atoms with Crippen LogP contribution < -0.4 is 0 Å². The maximum absolute atomic E-state index is 10.9. The fourth-order valence-corrected chi connectivity index (χ4v) is 2.28. The van der Waals surface area contributed by atoms with E-state index in [1.165, 1.54) is 0 Å². The molecule has 0 spiro atoms. The molecule has 2 atom stereocenters. The maximum Gasteiger partial charge on any atom is 0.309 e. The average molecular weight is 308 g/mol. The van der Waals surface area contributed by atoms with Crippen LogP contribution in [0.25, 0.3) is 0 Å². The SMILES string of the molecule is CCC(C(=O)O)C(O)c1ccc(Br)cc1Cl. The Morgan fingerprint density at radius 2 is 2.19 bits per heavy atom. The largest absolute Gasteiger partial charge is 0.481 e. The van der Waals surface area contributed by atoms with E-state index >= 15 is 0 Å². The molecule has 0 aliphatic heterocycles. The van der Waals surface area contributed by atoms with E-state index in [0.717, 1.165) is 4.47 Å². The van der Waals surface area contributed by atoms with Crippen molar-refractivity contribution in [1.82, 2.24) is 0 Å². The van der Waals surface area contributed by atoms with E-state index in [1.807, 2.05) is 0 Å². The van der Waals surface area contributed by atoms with Crippen molar-refractivity contribution in [3.8, 4) is 0 Å². The fraction of sp³-hybridized carbons (Fsp3) is 0.364. The van der Waals surface area contributed by atoms with Crippen molar-refractivity contribution in [3.63, 3.8) is 0 Å². The second-order valence-corrected chi connectivity index (χ2v) is 4.79. The number of carbonyl (C=O) groups is 1. The Balaban J connectivity index is 3.03. The summed E-state index contributed by atoms with van der Waals surface area (Å²) in [5.41, 5.74) is 0.444. The molecule has 88 valence electrons. The third-order valence-corrected chi connectivity index (χ3v) is 3.24. The highest BCUT2D eigenvalue weighted by atomic mass is 79.9. The van der Waals surface area contributed by atoms with E-state index in [4.69, 9.17) is 16.7 Å². The number of carboxylic acid groups (broad SMARTS) is 1. The van der Waals surface area contributed by atoms with Crippen molar-refractivity contribution in [3.05, 3.63) is 33.3 Å². The number of benzene rings is 1. The minimum Gasteiger partial charge on any atom is -0.481 e. The van der Waals surface area contributed by atoms with Gasteiger partial charge in [-0.25, -0.2) is 0 Å². The van der Waals surface area contributed by atoms with Crippen LogP contribution in [0.4, 0.5) is 0 Å². The van der Waals surface area contributed by atoms with Gasteiger partial charge in [-0.15, -0.1) is 0 Å². The highest BCUT2D eigenvalue weighted by molar-refractivity contribution is 9.10. The molecule has 0 aliphatic carbocycles. The molecular formula is C11H12BrClO3. The van der Waals surface area contributed by atoms with Crippen LogP contribution in [-0.4, -0.2) is 16.2 Å². The molecule has 0 amide bonds. The van der Waals surface area contributed by atoms with Gasteiger partial charge in [-0.05, 0) is 18.6 Å². The smallest absolute Gasteiger partial charge is 0.309 e. The van der Waals surface area contributed by atoms with Crippen LogP contribution in [0.2, 0.25) is 5.02 Å². The van der Waals surface area contributed by atoms with Gasteiger partial charge in [0.2, 0.25) is 0 Å². The third kappa shape index (κ3) is 2.97. The van der Waals surface area contributed by atoms with E-state index in [-0.39, 0.29) is 0 Å². The molecule has 0 aliphatic rings. The van der Waals surface area contributed by atoms with E-state index in [9.17, 15) is 9.90 Å². The van der Waals surface area contributed by atoms with E-state index in [0.29, 0.717) is 17.0 Å². The number of aliphatic hydroxyl groups is 1. The average Bonchev–Trinajstić information content (AvgIpc) is 2.17. The van der Waals surface area contributed by atoms with E-state index in [2.05, 4.69) is 15.9 Å². The van der Waals surface area contributed by atoms with E-state index in [1.54, 1.807) is 25.1 Å². The highest BCUT2D eigenvalue weighted by Gasteiger charge is 2.27. The zero-order valence-electron chi connectivity index (χ0n) is 8.65. The molecule has 1 aromatic rings. The van der Waals surface area contributed by atoms with Gasteiger partial charge < -0.3 is 10.2 Å². The maximum atomic E-state index is 10.9. The molecule has 0 heterocycles. The first-order chi connectivity index (χ1) is 7.47. The summed E-state index contributed by atoms with van der Waals surface area (Å²) in [6.45, 7) is 1.72. The van der Waals surface area contributed by atoms with Crippen LogP contribution in [0, 0.1) is 5.92 Å². The lowest BCUT2D eigenvalue weighted by atomic mass is 9.93. The molecule has 0 saturated heterocycles. The Kier molecular flexibility index (Phi) is 4.77. The lowest BCUT2D eigenvalue weighted by Crippen LogP contribution is -2.21. The molecule has 0 radical (unpaired) electrons. The molecule has 1 rings (SSSR count). The molecule has 0 saturated carbocycles. The van der Waals surface area contributed by atoms with Crippen LogP contribution in [0.15, 0.2) is 22.7 Å². The Hall–Kier alpha value is -0.580. The molecule has 5 heteroatoms. The molecule has 0 aromatic heterocycles. The van der Waals surface area contributed by atoms with Crippen LogP contribution in [-0.2, 0) is 4.79 Å². The van der Waals surface area contributed by atoms with Crippen LogP contribution in [0.1, 0.15) is 25.0 Å². The normalized spacial score (nSPS) is 14.5. The number of halogens is 2. The van der Waals surface area contributed by atoms with E-state index < -0.39 is 18.0 Å². The predicted molar refractivity (Wildman–Crippen MR) is 65.5 cm³/mol. The number of rotatable bonds is 4. The van der Waals surface area contributed by atoms with Gasteiger partial charge in [-0.1, -0.05) is 40.5 Å². The summed E-state index contributed by atoms with van der Waals surface area (Å²) >= 11 is 9.19. The van der Waals surface area contributed by atoms with Gasteiger partial charge in [0.05, 0.1) is 12.0 Å². The van der Waals surface area contributed by atoms with Gasteiger partial charge in [0, 0.05) is 15.1 Å². The van der Waals surface area contributed by atoms with Crippen molar-refractivity contribution < 1.29 is 15.0 Å². The summed E-state index contributed by atoms with van der Waals surface area (Å²) in [4.78, 5) is 10.9. The number of hydrogen-bond acceptors (Lipinski definition) is 2. The van der Waals surface area contributed by atoms with Crippen LogP contribution >= 0.6 is 27.5 Å². The molecule has 2 unspecified atom stereocenters. The molecule has 1 aromatic carbocycles. The van der Waals surface area contributed by atoms with Crippen LogP contribution in [0.3, 0.4) is 0 Å². The van der Waals surface area contributed by atoms with Gasteiger partial charge in [0.15, 0.2) is 0 Å². The Labute approximate surface area is 107 Å². The number of hydrogen-bond donors (Lipinski definition) is 2. The Bertz CT molecular complexity index is 395. The molecule has 16 heavy (non-hydrogen) atoms. The summed E-state index contributed by atoms with van der Waals surface area (Å²) in [7, 11) is 0. The highest BCUT2D eigenvalue weighted by Crippen LogP contribution is 2.32. The standard InChI is InChI=1S/C11H12BrClO3/c1-2-7(11(15)16)10(14)8-4-3-6(12)5-9(8)13/h3-5,7,10,14H,2H2,1H3,(H,15,16). The molecular weight excluding hydrogens is 295 g/mol. The summed E-state index contributed by atoms with van der Waals surface area (Å²) in [5, 5.41) is 19.2. The Morgan fingerprint density at radius 3 is 2.62 bits per heavy atom. The second-order valence-electron chi connectivity index (χ2n) is 3.46. The zero-order valence-corrected chi connectivity index (χ0v) is 11.0. The lowest BCUT2D eigenvalue weighted by Gasteiger charge is -2.19. The minimum absolute atomic E-state index is 0.350. The van der Waals surface area contributed by atoms with Crippen molar-refractivity contribution in [2.45, 2.75) is 19.4 Å². The topological polar surface area (TPSA) is 57.5 Å².